The zero-order chi connectivity index (χ0) is 15.4. The van der Waals surface area contributed by atoms with Crippen molar-refractivity contribution in [2.75, 3.05) is 11.6 Å². The van der Waals surface area contributed by atoms with E-state index in [1.807, 2.05) is 18.4 Å². The lowest BCUT2D eigenvalue weighted by atomic mass is 10.2. The number of hydrogen-bond donors (Lipinski definition) is 1. The summed E-state index contributed by atoms with van der Waals surface area (Å²) in [6.07, 6.45) is 1.87. The molecule has 1 N–H and O–H groups in total. The summed E-state index contributed by atoms with van der Waals surface area (Å²) in [5.74, 6) is -0.359. The maximum atomic E-state index is 12.3. The van der Waals surface area contributed by atoms with E-state index in [9.17, 15) is 14.9 Å². The molecule has 0 atom stereocenters. The molecule has 0 aliphatic heterocycles. The highest BCUT2D eigenvalue weighted by Gasteiger charge is 2.15. The number of benzene rings is 2. The molecule has 0 aromatic heterocycles. The van der Waals surface area contributed by atoms with Crippen LogP contribution < -0.4 is 5.32 Å². The number of anilines is 1. The topological polar surface area (TPSA) is 72.2 Å². The van der Waals surface area contributed by atoms with Crippen molar-refractivity contribution in [3.05, 3.63) is 63.2 Å². The van der Waals surface area contributed by atoms with Gasteiger partial charge in [-0.2, -0.15) is 0 Å². The Hall–Kier alpha value is -2.05. The standard InChI is InChI=1S/C14H11ClN2O3S/c1-21-13-5-3-2-4-10(13)14(18)16-12-8-9(17(19)20)6-7-11(12)15/h2-8H,1H3,(H,16,18). The van der Waals surface area contributed by atoms with Gasteiger partial charge in [0.05, 0.1) is 21.2 Å². The van der Waals surface area contributed by atoms with Gasteiger partial charge in [-0.15, -0.1) is 11.8 Å². The molecule has 21 heavy (non-hydrogen) atoms. The summed E-state index contributed by atoms with van der Waals surface area (Å²) in [5, 5.41) is 13.6. The molecule has 0 spiro atoms. The minimum Gasteiger partial charge on any atom is -0.320 e. The van der Waals surface area contributed by atoms with Crippen LogP contribution in [0.3, 0.4) is 0 Å². The number of nitrogens with one attached hydrogen (secondary N) is 1. The summed E-state index contributed by atoms with van der Waals surface area (Å²) >= 11 is 7.41. The minimum absolute atomic E-state index is 0.132. The SMILES string of the molecule is CSc1ccccc1C(=O)Nc1cc([N+](=O)[O-])ccc1Cl. The maximum Gasteiger partial charge on any atom is 0.271 e. The summed E-state index contributed by atoms with van der Waals surface area (Å²) in [4.78, 5) is 23.3. The van der Waals surface area contributed by atoms with Gasteiger partial charge in [0.2, 0.25) is 0 Å². The fourth-order valence-corrected chi connectivity index (χ4v) is 2.50. The van der Waals surface area contributed by atoms with Crippen LogP contribution in [0.2, 0.25) is 5.02 Å². The first-order valence-corrected chi connectivity index (χ1v) is 7.51. The Balaban J connectivity index is 2.31. The van der Waals surface area contributed by atoms with Crippen molar-refractivity contribution in [1.29, 1.82) is 0 Å². The number of hydrogen-bond acceptors (Lipinski definition) is 4. The van der Waals surface area contributed by atoms with E-state index in [-0.39, 0.29) is 22.3 Å². The first-order chi connectivity index (χ1) is 10.0. The van der Waals surface area contributed by atoms with Gasteiger partial charge in [-0.05, 0) is 24.5 Å². The molecule has 0 aliphatic carbocycles. The third kappa shape index (κ3) is 3.53. The molecule has 0 radical (unpaired) electrons. The van der Waals surface area contributed by atoms with Gasteiger partial charge in [0.25, 0.3) is 11.6 Å². The molecule has 7 heteroatoms. The Bertz CT molecular complexity index is 706. The van der Waals surface area contributed by atoms with E-state index in [0.717, 1.165) is 4.90 Å². The molecule has 0 heterocycles. The van der Waals surface area contributed by atoms with Crippen molar-refractivity contribution in [2.45, 2.75) is 4.90 Å². The molecule has 2 aromatic carbocycles. The normalized spacial score (nSPS) is 10.2. The molecule has 0 saturated heterocycles. The molecule has 1 amide bonds. The third-order valence-electron chi connectivity index (χ3n) is 2.76. The summed E-state index contributed by atoms with van der Waals surface area (Å²) in [7, 11) is 0. The van der Waals surface area contributed by atoms with Gasteiger partial charge in [0.1, 0.15) is 0 Å². The Labute approximate surface area is 130 Å². The number of carbonyl (C=O) groups excluding carboxylic acids is 1. The Morgan fingerprint density at radius 3 is 2.67 bits per heavy atom. The zero-order valence-corrected chi connectivity index (χ0v) is 12.6. The predicted octanol–water partition coefficient (Wildman–Crippen LogP) is 4.22. The van der Waals surface area contributed by atoms with E-state index < -0.39 is 4.92 Å². The first kappa shape index (κ1) is 15.3. The van der Waals surface area contributed by atoms with E-state index in [2.05, 4.69) is 5.32 Å². The molecule has 0 saturated carbocycles. The van der Waals surface area contributed by atoms with Crippen molar-refractivity contribution in [3.63, 3.8) is 0 Å². The number of non-ortho nitro benzene ring substituents is 1. The van der Waals surface area contributed by atoms with E-state index >= 15 is 0 Å². The number of carbonyl (C=O) groups is 1. The van der Waals surface area contributed by atoms with Crippen LogP contribution in [0.4, 0.5) is 11.4 Å². The van der Waals surface area contributed by atoms with E-state index in [4.69, 9.17) is 11.6 Å². The average Bonchev–Trinajstić information content (AvgIpc) is 2.49. The lowest BCUT2D eigenvalue weighted by molar-refractivity contribution is -0.384. The number of nitro benzene ring substituents is 1. The summed E-state index contributed by atoms with van der Waals surface area (Å²) in [6, 6.07) is 11.0. The van der Waals surface area contributed by atoms with Crippen molar-refractivity contribution >= 4 is 40.6 Å². The number of thioether (sulfide) groups is 1. The number of rotatable bonds is 4. The van der Waals surface area contributed by atoms with Gasteiger partial charge in [-0.3, -0.25) is 14.9 Å². The average molecular weight is 323 g/mol. The van der Waals surface area contributed by atoms with Crippen LogP contribution in [0, 0.1) is 10.1 Å². The van der Waals surface area contributed by atoms with Crippen molar-refractivity contribution < 1.29 is 9.72 Å². The van der Waals surface area contributed by atoms with Gasteiger partial charge >= 0.3 is 0 Å². The smallest absolute Gasteiger partial charge is 0.271 e. The minimum atomic E-state index is -0.540. The molecule has 0 bridgehead atoms. The van der Waals surface area contributed by atoms with Crippen LogP contribution in [0.5, 0.6) is 0 Å². The monoisotopic (exact) mass is 322 g/mol. The number of amides is 1. The molecule has 2 aromatic rings. The van der Waals surface area contributed by atoms with Gasteiger partial charge in [0, 0.05) is 17.0 Å². The van der Waals surface area contributed by atoms with Crippen molar-refractivity contribution in [1.82, 2.24) is 0 Å². The van der Waals surface area contributed by atoms with Crippen LogP contribution in [0.15, 0.2) is 47.4 Å². The third-order valence-corrected chi connectivity index (χ3v) is 3.89. The van der Waals surface area contributed by atoms with Crippen LogP contribution in [-0.2, 0) is 0 Å². The van der Waals surface area contributed by atoms with Crippen LogP contribution in [-0.4, -0.2) is 17.1 Å². The molecular weight excluding hydrogens is 312 g/mol. The number of halogens is 1. The highest BCUT2D eigenvalue weighted by molar-refractivity contribution is 7.98. The van der Waals surface area contributed by atoms with Crippen molar-refractivity contribution in [2.24, 2.45) is 0 Å². The molecule has 108 valence electrons. The second kappa shape index (κ2) is 6.60. The fourth-order valence-electron chi connectivity index (χ4n) is 1.74. The summed E-state index contributed by atoms with van der Waals surface area (Å²) < 4.78 is 0. The quantitative estimate of drug-likeness (QED) is 0.519. The van der Waals surface area contributed by atoms with Gasteiger partial charge in [-0.1, -0.05) is 23.7 Å². The van der Waals surface area contributed by atoms with E-state index in [1.54, 1.807) is 12.1 Å². The Morgan fingerprint density at radius 2 is 2.00 bits per heavy atom. The fraction of sp³-hybridized carbons (Fsp3) is 0.0714. The van der Waals surface area contributed by atoms with Crippen LogP contribution in [0.1, 0.15) is 10.4 Å². The number of nitrogens with zero attached hydrogens (tertiary/aromatic N) is 1. The van der Waals surface area contributed by atoms with Gasteiger partial charge in [-0.25, -0.2) is 0 Å². The lowest BCUT2D eigenvalue weighted by Crippen LogP contribution is -2.13. The number of nitro groups is 1. The summed E-state index contributed by atoms with van der Waals surface area (Å²) in [5.41, 5.74) is 0.576. The Morgan fingerprint density at radius 1 is 1.29 bits per heavy atom. The molecule has 0 unspecified atom stereocenters. The predicted molar refractivity (Wildman–Crippen MR) is 84.3 cm³/mol. The zero-order valence-electron chi connectivity index (χ0n) is 11.0. The van der Waals surface area contributed by atoms with Crippen LogP contribution >= 0.6 is 23.4 Å². The van der Waals surface area contributed by atoms with E-state index in [0.29, 0.717) is 5.56 Å². The van der Waals surface area contributed by atoms with Crippen LogP contribution in [0.25, 0.3) is 0 Å². The molecule has 0 fully saturated rings. The largest absolute Gasteiger partial charge is 0.320 e. The molecule has 2 rings (SSSR count). The first-order valence-electron chi connectivity index (χ1n) is 5.91. The Kier molecular flexibility index (Phi) is 4.82. The molecule has 0 aliphatic rings. The second-order valence-electron chi connectivity index (χ2n) is 4.08. The molecular formula is C14H11ClN2O3S. The highest BCUT2D eigenvalue weighted by atomic mass is 35.5. The maximum absolute atomic E-state index is 12.3. The van der Waals surface area contributed by atoms with Gasteiger partial charge < -0.3 is 5.32 Å². The lowest BCUT2D eigenvalue weighted by Gasteiger charge is -2.09. The molecule has 5 nitrogen and oxygen atoms in total. The highest BCUT2D eigenvalue weighted by Crippen LogP contribution is 2.28. The van der Waals surface area contributed by atoms with Crippen molar-refractivity contribution in [3.8, 4) is 0 Å². The van der Waals surface area contributed by atoms with E-state index in [1.165, 1.54) is 30.0 Å². The van der Waals surface area contributed by atoms with Gasteiger partial charge in [0.15, 0.2) is 0 Å². The summed E-state index contributed by atoms with van der Waals surface area (Å²) in [6.45, 7) is 0. The second-order valence-corrected chi connectivity index (χ2v) is 5.33.